The second kappa shape index (κ2) is 5.67. The molecule has 2 saturated carbocycles. The standard InChI is InChI=1S/C13H23NO2/c15-13(16)10-14(12-7-8-12)9-11-5-3-1-2-4-6-11/h11-12H,1-10H2,(H,15,16). The summed E-state index contributed by atoms with van der Waals surface area (Å²) in [5, 5.41) is 8.90. The molecular formula is C13H23NO2. The lowest BCUT2D eigenvalue weighted by atomic mass is 9.99. The molecule has 3 heteroatoms. The molecule has 0 aromatic carbocycles. The lowest BCUT2D eigenvalue weighted by Gasteiger charge is -2.25. The van der Waals surface area contributed by atoms with Crippen LogP contribution in [0.15, 0.2) is 0 Å². The molecule has 0 aliphatic heterocycles. The van der Waals surface area contributed by atoms with Crippen LogP contribution in [-0.4, -0.2) is 35.1 Å². The first-order chi connectivity index (χ1) is 7.75. The van der Waals surface area contributed by atoms with Gasteiger partial charge in [-0.1, -0.05) is 25.7 Å². The summed E-state index contributed by atoms with van der Waals surface area (Å²) in [5.74, 6) is 0.0861. The van der Waals surface area contributed by atoms with Crippen molar-refractivity contribution in [3.05, 3.63) is 0 Å². The Morgan fingerprint density at radius 2 is 1.69 bits per heavy atom. The van der Waals surface area contributed by atoms with E-state index < -0.39 is 5.97 Å². The van der Waals surface area contributed by atoms with E-state index in [1.165, 1.54) is 51.4 Å². The summed E-state index contributed by atoms with van der Waals surface area (Å²) in [7, 11) is 0. The summed E-state index contributed by atoms with van der Waals surface area (Å²) >= 11 is 0. The smallest absolute Gasteiger partial charge is 0.317 e. The van der Waals surface area contributed by atoms with Crippen LogP contribution < -0.4 is 0 Å². The molecule has 0 atom stereocenters. The predicted octanol–water partition coefficient (Wildman–Crippen LogP) is 2.51. The van der Waals surface area contributed by atoms with Crippen LogP contribution in [0.5, 0.6) is 0 Å². The monoisotopic (exact) mass is 225 g/mol. The van der Waals surface area contributed by atoms with E-state index in [0.29, 0.717) is 6.04 Å². The van der Waals surface area contributed by atoms with E-state index in [1.54, 1.807) is 0 Å². The van der Waals surface area contributed by atoms with Crippen LogP contribution >= 0.6 is 0 Å². The van der Waals surface area contributed by atoms with Crippen molar-refractivity contribution in [2.75, 3.05) is 13.1 Å². The number of rotatable bonds is 5. The minimum Gasteiger partial charge on any atom is -0.480 e. The number of nitrogens with zero attached hydrogens (tertiary/aromatic N) is 1. The van der Waals surface area contributed by atoms with Gasteiger partial charge in [0.1, 0.15) is 0 Å². The average Bonchev–Trinajstić information content (AvgIpc) is 3.04. The predicted molar refractivity (Wildman–Crippen MR) is 63.4 cm³/mol. The topological polar surface area (TPSA) is 40.5 Å². The third-order valence-electron chi connectivity index (χ3n) is 3.87. The van der Waals surface area contributed by atoms with Gasteiger partial charge in [-0.15, -0.1) is 0 Å². The quantitative estimate of drug-likeness (QED) is 0.731. The highest BCUT2D eigenvalue weighted by molar-refractivity contribution is 5.69. The molecule has 0 aromatic rings. The van der Waals surface area contributed by atoms with Crippen molar-refractivity contribution in [3.63, 3.8) is 0 Å². The number of carboxylic acids is 1. The molecule has 0 bridgehead atoms. The molecule has 92 valence electrons. The highest BCUT2D eigenvalue weighted by Crippen LogP contribution is 2.30. The van der Waals surface area contributed by atoms with E-state index in [1.807, 2.05) is 0 Å². The van der Waals surface area contributed by atoms with E-state index in [0.717, 1.165) is 12.5 Å². The summed E-state index contributed by atoms with van der Waals surface area (Å²) in [5.41, 5.74) is 0. The Hall–Kier alpha value is -0.570. The summed E-state index contributed by atoms with van der Waals surface area (Å²) in [6.45, 7) is 1.28. The maximum absolute atomic E-state index is 10.8. The van der Waals surface area contributed by atoms with Crippen molar-refractivity contribution in [2.45, 2.75) is 57.4 Å². The number of aliphatic carboxylic acids is 1. The van der Waals surface area contributed by atoms with Gasteiger partial charge in [0.15, 0.2) is 0 Å². The van der Waals surface area contributed by atoms with Gasteiger partial charge in [0, 0.05) is 12.6 Å². The number of hydrogen-bond donors (Lipinski definition) is 1. The van der Waals surface area contributed by atoms with E-state index in [2.05, 4.69) is 4.90 Å². The van der Waals surface area contributed by atoms with Gasteiger partial charge in [-0.3, -0.25) is 9.69 Å². The van der Waals surface area contributed by atoms with Crippen molar-refractivity contribution in [2.24, 2.45) is 5.92 Å². The van der Waals surface area contributed by atoms with Gasteiger partial charge in [-0.05, 0) is 31.6 Å². The van der Waals surface area contributed by atoms with E-state index >= 15 is 0 Å². The van der Waals surface area contributed by atoms with Crippen molar-refractivity contribution in [3.8, 4) is 0 Å². The molecule has 0 aromatic heterocycles. The molecule has 2 aliphatic carbocycles. The molecule has 0 saturated heterocycles. The first-order valence-electron chi connectivity index (χ1n) is 6.71. The minimum atomic E-state index is -0.666. The molecule has 0 amide bonds. The fourth-order valence-corrected chi connectivity index (χ4v) is 2.83. The number of carboxylic acid groups (broad SMARTS) is 1. The van der Waals surface area contributed by atoms with Crippen molar-refractivity contribution in [1.29, 1.82) is 0 Å². The molecule has 0 spiro atoms. The Kier molecular flexibility index (Phi) is 4.22. The Labute approximate surface area is 97.8 Å². The highest BCUT2D eigenvalue weighted by Gasteiger charge is 2.31. The van der Waals surface area contributed by atoms with Crippen LogP contribution in [0.3, 0.4) is 0 Å². The summed E-state index contributed by atoms with van der Waals surface area (Å²) < 4.78 is 0. The van der Waals surface area contributed by atoms with Crippen LogP contribution in [0.1, 0.15) is 51.4 Å². The number of hydrogen-bond acceptors (Lipinski definition) is 2. The Bertz CT molecular complexity index is 230. The van der Waals surface area contributed by atoms with Crippen molar-refractivity contribution in [1.82, 2.24) is 4.90 Å². The van der Waals surface area contributed by atoms with Crippen LogP contribution in [0.2, 0.25) is 0 Å². The molecule has 3 nitrogen and oxygen atoms in total. The largest absolute Gasteiger partial charge is 0.480 e. The van der Waals surface area contributed by atoms with Crippen molar-refractivity contribution >= 4 is 5.97 Å². The molecule has 1 N–H and O–H groups in total. The molecule has 2 rings (SSSR count). The Balaban J connectivity index is 1.81. The lowest BCUT2D eigenvalue weighted by Crippen LogP contribution is -2.35. The van der Waals surface area contributed by atoms with Crippen molar-refractivity contribution < 1.29 is 9.90 Å². The fourth-order valence-electron chi connectivity index (χ4n) is 2.83. The van der Waals surface area contributed by atoms with Crippen LogP contribution in [0.4, 0.5) is 0 Å². The average molecular weight is 225 g/mol. The molecule has 0 radical (unpaired) electrons. The van der Waals surface area contributed by atoms with Gasteiger partial charge in [0.05, 0.1) is 6.54 Å². The van der Waals surface area contributed by atoms with Crippen LogP contribution in [-0.2, 0) is 4.79 Å². The van der Waals surface area contributed by atoms with Gasteiger partial charge >= 0.3 is 5.97 Å². The molecule has 16 heavy (non-hydrogen) atoms. The first-order valence-corrected chi connectivity index (χ1v) is 6.71. The van der Waals surface area contributed by atoms with Gasteiger partial charge in [0.2, 0.25) is 0 Å². The summed E-state index contributed by atoms with van der Waals surface area (Å²) in [6.07, 6.45) is 10.5. The summed E-state index contributed by atoms with van der Waals surface area (Å²) in [6, 6.07) is 0.583. The zero-order valence-electron chi connectivity index (χ0n) is 10.0. The van der Waals surface area contributed by atoms with E-state index in [4.69, 9.17) is 5.11 Å². The second-order valence-electron chi connectivity index (χ2n) is 5.41. The lowest BCUT2D eigenvalue weighted by molar-refractivity contribution is -0.138. The second-order valence-corrected chi connectivity index (χ2v) is 5.41. The molecule has 0 heterocycles. The molecule has 2 aliphatic rings. The molecule has 0 unspecified atom stereocenters. The fraction of sp³-hybridized carbons (Fsp3) is 0.923. The number of carbonyl (C=O) groups is 1. The SMILES string of the molecule is O=C(O)CN(CC1CCCCCC1)C1CC1. The van der Waals surface area contributed by atoms with E-state index in [-0.39, 0.29) is 6.54 Å². The Morgan fingerprint density at radius 1 is 1.06 bits per heavy atom. The minimum absolute atomic E-state index is 0.251. The first kappa shape index (κ1) is 11.9. The van der Waals surface area contributed by atoms with Crippen LogP contribution in [0, 0.1) is 5.92 Å². The third kappa shape index (κ3) is 3.78. The zero-order chi connectivity index (χ0) is 11.4. The maximum Gasteiger partial charge on any atom is 0.317 e. The summed E-state index contributed by atoms with van der Waals surface area (Å²) in [4.78, 5) is 13.0. The maximum atomic E-state index is 10.8. The van der Waals surface area contributed by atoms with E-state index in [9.17, 15) is 4.79 Å². The zero-order valence-corrected chi connectivity index (χ0v) is 10.0. The van der Waals surface area contributed by atoms with Gasteiger partial charge in [-0.2, -0.15) is 0 Å². The highest BCUT2D eigenvalue weighted by atomic mass is 16.4. The third-order valence-corrected chi connectivity index (χ3v) is 3.87. The van der Waals surface area contributed by atoms with Gasteiger partial charge < -0.3 is 5.11 Å². The van der Waals surface area contributed by atoms with Gasteiger partial charge in [0.25, 0.3) is 0 Å². The van der Waals surface area contributed by atoms with Crippen LogP contribution in [0.25, 0.3) is 0 Å². The van der Waals surface area contributed by atoms with Gasteiger partial charge in [-0.25, -0.2) is 0 Å². The Morgan fingerprint density at radius 3 is 2.19 bits per heavy atom. The molecular weight excluding hydrogens is 202 g/mol. The molecule has 2 fully saturated rings. The normalized spacial score (nSPS) is 23.3.